The van der Waals surface area contributed by atoms with Gasteiger partial charge in [-0.25, -0.2) is 9.78 Å². The Morgan fingerprint density at radius 2 is 1.93 bits per heavy atom. The minimum atomic E-state index is -0.836. The van der Waals surface area contributed by atoms with Crippen LogP contribution in [-0.2, 0) is 15.6 Å². The quantitative estimate of drug-likeness (QED) is 0.756. The first kappa shape index (κ1) is 19.3. The zero-order chi connectivity index (χ0) is 19.5. The number of amides is 1. The standard InChI is InChI=1S/C18H24N4O4S2/c1-25-14-6-5-13(21-7-3-2-4-8-21)16-15(14)19-17(27-16)20-26-18(23)22-9-11-28(24)12-10-22/h5-6H,2-4,7-12H2,1H3,(H,19,20). The Hall–Kier alpha value is -2.07. The molecule has 152 valence electrons. The maximum Gasteiger partial charge on any atom is 0.434 e. The summed E-state index contributed by atoms with van der Waals surface area (Å²) in [5.41, 5.74) is 4.60. The Balaban J connectivity index is 1.51. The molecule has 10 heteroatoms. The average molecular weight is 425 g/mol. The van der Waals surface area contributed by atoms with Gasteiger partial charge in [0.2, 0.25) is 5.13 Å². The van der Waals surface area contributed by atoms with Gasteiger partial charge in [-0.1, -0.05) is 11.3 Å². The molecule has 0 unspecified atom stereocenters. The summed E-state index contributed by atoms with van der Waals surface area (Å²) in [5.74, 6) is 1.68. The third kappa shape index (κ3) is 4.02. The first-order chi connectivity index (χ1) is 13.7. The number of carbonyl (C=O) groups excluding carboxylic acids is 1. The largest absolute Gasteiger partial charge is 0.494 e. The van der Waals surface area contributed by atoms with E-state index in [1.54, 1.807) is 12.0 Å². The van der Waals surface area contributed by atoms with E-state index in [0.717, 1.165) is 29.0 Å². The van der Waals surface area contributed by atoms with E-state index in [9.17, 15) is 9.00 Å². The predicted octanol–water partition coefficient (Wildman–Crippen LogP) is 2.82. The van der Waals surface area contributed by atoms with E-state index in [4.69, 9.17) is 9.57 Å². The highest BCUT2D eigenvalue weighted by molar-refractivity contribution is 7.85. The first-order valence-corrected chi connectivity index (χ1v) is 11.8. The van der Waals surface area contributed by atoms with Gasteiger partial charge in [0.05, 0.1) is 17.5 Å². The van der Waals surface area contributed by atoms with Crippen molar-refractivity contribution in [2.24, 2.45) is 0 Å². The molecular weight excluding hydrogens is 400 g/mol. The first-order valence-electron chi connectivity index (χ1n) is 9.45. The van der Waals surface area contributed by atoms with Crippen LogP contribution >= 0.6 is 11.3 Å². The number of hydrogen-bond donors (Lipinski definition) is 1. The van der Waals surface area contributed by atoms with Crippen molar-refractivity contribution in [2.75, 3.05) is 55.2 Å². The molecule has 1 N–H and O–H groups in total. The van der Waals surface area contributed by atoms with Gasteiger partial charge in [0, 0.05) is 48.5 Å². The fourth-order valence-corrected chi connectivity index (χ4v) is 5.54. The molecule has 0 radical (unpaired) electrons. The molecule has 1 amide bonds. The summed E-state index contributed by atoms with van der Waals surface area (Å²) >= 11 is 1.45. The van der Waals surface area contributed by atoms with Crippen LogP contribution in [0.4, 0.5) is 15.6 Å². The third-order valence-corrected chi connectivity index (χ3v) is 7.31. The number of thiazole rings is 1. The second kappa shape index (κ2) is 8.52. The van der Waals surface area contributed by atoms with Crippen molar-refractivity contribution in [1.82, 2.24) is 9.88 Å². The van der Waals surface area contributed by atoms with Crippen LogP contribution in [-0.4, -0.2) is 65.0 Å². The normalized spacial score (nSPS) is 18.3. The Bertz CT molecular complexity index is 872. The van der Waals surface area contributed by atoms with Crippen LogP contribution in [0.3, 0.4) is 0 Å². The number of hydrogen-bond acceptors (Lipinski definition) is 8. The summed E-state index contributed by atoms with van der Waals surface area (Å²) < 4.78 is 17.9. The highest BCUT2D eigenvalue weighted by Gasteiger charge is 2.23. The van der Waals surface area contributed by atoms with Gasteiger partial charge in [-0.15, -0.1) is 0 Å². The zero-order valence-corrected chi connectivity index (χ0v) is 17.4. The molecule has 0 saturated carbocycles. The van der Waals surface area contributed by atoms with E-state index in [0.29, 0.717) is 35.5 Å². The predicted molar refractivity (Wildman–Crippen MR) is 112 cm³/mol. The number of fused-ring (bicyclic) bond motifs is 1. The Kier molecular flexibility index (Phi) is 5.86. The summed E-state index contributed by atoms with van der Waals surface area (Å²) in [6.45, 7) is 2.96. The van der Waals surface area contributed by atoms with Crippen LogP contribution in [0.5, 0.6) is 5.75 Å². The average Bonchev–Trinajstić information content (AvgIpc) is 3.16. The van der Waals surface area contributed by atoms with E-state index >= 15 is 0 Å². The van der Waals surface area contributed by atoms with Crippen molar-refractivity contribution in [3.63, 3.8) is 0 Å². The van der Waals surface area contributed by atoms with Gasteiger partial charge in [-0.05, 0) is 31.4 Å². The Morgan fingerprint density at radius 1 is 1.18 bits per heavy atom. The van der Waals surface area contributed by atoms with Crippen molar-refractivity contribution in [3.8, 4) is 5.75 Å². The van der Waals surface area contributed by atoms with Crippen molar-refractivity contribution in [3.05, 3.63) is 12.1 Å². The molecule has 8 nitrogen and oxygen atoms in total. The second-order valence-electron chi connectivity index (χ2n) is 6.84. The van der Waals surface area contributed by atoms with Crippen LogP contribution in [0, 0.1) is 0 Å². The zero-order valence-electron chi connectivity index (χ0n) is 15.8. The molecular formula is C18H24N4O4S2. The molecule has 0 spiro atoms. The second-order valence-corrected chi connectivity index (χ2v) is 9.53. The highest BCUT2D eigenvalue weighted by atomic mass is 32.2. The van der Waals surface area contributed by atoms with Gasteiger partial charge in [-0.3, -0.25) is 4.21 Å². The molecule has 1 aromatic carbocycles. The number of anilines is 2. The number of methoxy groups -OCH3 is 1. The third-order valence-electron chi connectivity index (χ3n) is 5.06. The summed E-state index contributed by atoms with van der Waals surface area (Å²) in [4.78, 5) is 26.0. The van der Waals surface area contributed by atoms with E-state index in [1.165, 1.54) is 30.6 Å². The van der Waals surface area contributed by atoms with Crippen LogP contribution in [0.25, 0.3) is 10.2 Å². The van der Waals surface area contributed by atoms with Gasteiger partial charge < -0.3 is 19.4 Å². The molecule has 0 bridgehead atoms. The molecule has 2 aliphatic heterocycles. The summed E-state index contributed by atoms with van der Waals surface area (Å²) in [6.07, 6.45) is 3.18. The topological polar surface area (TPSA) is 84.0 Å². The minimum Gasteiger partial charge on any atom is -0.494 e. The number of nitrogens with zero attached hydrogens (tertiary/aromatic N) is 3. The van der Waals surface area contributed by atoms with Crippen LogP contribution in [0.2, 0.25) is 0 Å². The van der Waals surface area contributed by atoms with Crippen molar-refractivity contribution < 1.29 is 18.6 Å². The number of piperidine rings is 1. The van der Waals surface area contributed by atoms with Gasteiger partial charge in [0.25, 0.3) is 0 Å². The molecule has 2 aliphatic rings. The lowest BCUT2D eigenvalue weighted by Crippen LogP contribution is -2.42. The lowest BCUT2D eigenvalue weighted by molar-refractivity contribution is 0.126. The highest BCUT2D eigenvalue weighted by Crippen LogP contribution is 2.40. The number of rotatable bonds is 4. The van der Waals surface area contributed by atoms with Gasteiger partial charge in [-0.2, -0.15) is 5.48 Å². The molecule has 4 rings (SSSR count). The van der Waals surface area contributed by atoms with Crippen LogP contribution in [0.15, 0.2) is 12.1 Å². The number of carbonyl (C=O) groups is 1. The fourth-order valence-electron chi connectivity index (χ4n) is 3.53. The summed E-state index contributed by atoms with van der Waals surface area (Å²) in [5, 5.41) is 0.506. The molecule has 2 saturated heterocycles. The number of benzene rings is 1. The number of nitrogens with one attached hydrogen (secondary N) is 1. The van der Waals surface area contributed by atoms with Gasteiger partial charge in [0.15, 0.2) is 0 Å². The maximum atomic E-state index is 12.2. The fraction of sp³-hybridized carbons (Fsp3) is 0.556. The lowest BCUT2D eigenvalue weighted by atomic mass is 10.1. The van der Waals surface area contributed by atoms with Gasteiger partial charge >= 0.3 is 6.09 Å². The molecule has 0 aliphatic carbocycles. The molecule has 3 heterocycles. The molecule has 2 fully saturated rings. The summed E-state index contributed by atoms with van der Waals surface area (Å²) in [6, 6.07) is 4.02. The van der Waals surface area contributed by atoms with Crippen molar-refractivity contribution in [2.45, 2.75) is 19.3 Å². The Labute approximate surface area is 170 Å². The molecule has 1 aromatic heterocycles. The maximum absolute atomic E-state index is 12.2. The van der Waals surface area contributed by atoms with Crippen LogP contribution in [0.1, 0.15) is 19.3 Å². The smallest absolute Gasteiger partial charge is 0.434 e. The van der Waals surface area contributed by atoms with Crippen molar-refractivity contribution in [1.29, 1.82) is 0 Å². The summed E-state index contributed by atoms with van der Waals surface area (Å²) in [7, 11) is 0.791. The van der Waals surface area contributed by atoms with Gasteiger partial charge in [0.1, 0.15) is 11.3 Å². The SMILES string of the molecule is COc1ccc(N2CCCCC2)c2sc(NOC(=O)N3CCS(=O)CC3)nc12. The Morgan fingerprint density at radius 3 is 2.64 bits per heavy atom. The van der Waals surface area contributed by atoms with E-state index in [1.807, 2.05) is 6.07 Å². The number of ether oxygens (including phenoxy) is 1. The molecule has 0 atom stereocenters. The van der Waals surface area contributed by atoms with E-state index in [2.05, 4.69) is 21.4 Å². The van der Waals surface area contributed by atoms with E-state index in [-0.39, 0.29) is 0 Å². The van der Waals surface area contributed by atoms with Crippen molar-refractivity contribution >= 4 is 49.3 Å². The molecule has 28 heavy (non-hydrogen) atoms. The monoisotopic (exact) mass is 424 g/mol. The van der Waals surface area contributed by atoms with Crippen LogP contribution < -0.4 is 15.1 Å². The minimum absolute atomic E-state index is 0.444. The van der Waals surface area contributed by atoms with E-state index < -0.39 is 16.9 Å². The lowest BCUT2D eigenvalue weighted by Gasteiger charge is -2.29. The number of aromatic nitrogens is 1. The molecule has 2 aromatic rings.